The van der Waals surface area contributed by atoms with E-state index in [-0.39, 0.29) is 12.6 Å². The number of hydrogen-bond donors (Lipinski definition) is 1. The minimum Gasteiger partial charge on any atom is -0.479 e. The number of carboxylic acid groups (broad SMARTS) is 1. The fourth-order valence-corrected chi connectivity index (χ4v) is 4.35. The molecule has 5 heterocycles. The van der Waals surface area contributed by atoms with Crippen molar-refractivity contribution in [3.05, 3.63) is 53.6 Å². The molecule has 1 saturated heterocycles. The van der Waals surface area contributed by atoms with Gasteiger partial charge in [-0.15, -0.1) is 0 Å². The average Bonchev–Trinajstić information content (AvgIpc) is 2.84. The standard InChI is InChI=1S/C23H25N7O3/c1-14-10-19(29-8-9-33-18(13-29)23(31)32)28-20(11-14)30-7-4-17-16(15(30)2)12-26-22(27-17)21-24-5-3-6-25-21/h3,5-6,10-12,15,18H,4,7-9,13H2,1-2H3,(H,31,32). The lowest BCUT2D eigenvalue weighted by molar-refractivity contribution is -0.150. The molecule has 0 amide bonds. The van der Waals surface area contributed by atoms with Crippen LogP contribution in [0.1, 0.15) is 29.8 Å². The molecule has 1 fully saturated rings. The highest BCUT2D eigenvalue weighted by atomic mass is 16.5. The van der Waals surface area contributed by atoms with E-state index >= 15 is 0 Å². The van der Waals surface area contributed by atoms with Gasteiger partial charge in [0, 0.05) is 43.7 Å². The number of rotatable bonds is 4. The SMILES string of the molecule is Cc1cc(N2CCOC(C(=O)O)C2)nc(N2CCc3nc(-c4ncccn4)ncc3C2C)c1. The summed E-state index contributed by atoms with van der Waals surface area (Å²) in [7, 11) is 0. The van der Waals surface area contributed by atoms with Crippen LogP contribution < -0.4 is 9.80 Å². The molecule has 170 valence electrons. The van der Waals surface area contributed by atoms with Crippen LogP contribution in [0.25, 0.3) is 11.6 Å². The second kappa shape index (κ2) is 8.70. The Bertz CT molecular complexity index is 1170. The van der Waals surface area contributed by atoms with E-state index in [1.165, 1.54) is 0 Å². The largest absolute Gasteiger partial charge is 0.479 e. The van der Waals surface area contributed by atoms with Crippen molar-refractivity contribution in [1.29, 1.82) is 0 Å². The summed E-state index contributed by atoms with van der Waals surface area (Å²) in [6.07, 6.45) is 5.14. The normalized spacial score (nSPS) is 20.4. The van der Waals surface area contributed by atoms with Gasteiger partial charge < -0.3 is 19.6 Å². The number of aliphatic carboxylic acids is 1. The van der Waals surface area contributed by atoms with Gasteiger partial charge in [0.2, 0.25) is 0 Å². The molecule has 2 unspecified atom stereocenters. The number of pyridine rings is 1. The Morgan fingerprint density at radius 1 is 1.09 bits per heavy atom. The fourth-order valence-electron chi connectivity index (χ4n) is 4.35. The molecule has 3 aromatic heterocycles. The first-order valence-electron chi connectivity index (χ1n) is 11.0. The van der Waals surface area contributed by atoms with Crippen molar-refractivity contribution in [2.24, 2.45) is 0 Å². The number of ether oxygens (including phenoxy) is 1. The summed E-state index contributed by atoms with van der Waals surface area (Å²) < 4.78 is 5.36. The molecule has 33 heavy (non-hydrogen) atoms. The molecular formula is C23H25N7O3. The average molecular weight is 447 g/mol. The number of aromatic nitrogens is 5. The number of hydrogen-bond acceptors (Lipinski definition) is 9. The first-order valence-corrected chi connectivity index (χ1v) is 11.0. The summed E-state index contributed by atoms with van der Waals surface area (Å²) in [5, 5.41) is 9.34. The van der Waals surface area contributed by atoms with E-state index in [4.69, 9.17) is 14.7 Å². The minimum absolute atomic E-state index is 0.0399. The van der Waals surface area contributed by atoms with Crippen LogP contribution >= 0.6 is 0 Å². The third kappa shape index (κ3) is 4.21. The van der Waals surface area contributed by atoms with E-state index in [0.717, 1.165) is 41.4 Å². The predicted molar refractivity (Wildman–Crippen MR) is 121 cm³/mol. The molecular weight excluding hydrogens is 422 g/mol. The summed E-state index contributed by atoms with van der Waals surface area (Å²) in [6.45, 7) is 6.16. The van der Waals surface area contributed by atoms with E-state index in [2.05, 4.69) is 32.8 Å². The van der Waals surface area contributed by atoms with Crippen LogP contribution in [0.3, 0.4) is 0 Å². The molecule has 10 heteroatoms. The molecule has 5 rings (SSSR count). The smallest absolute Gasteiger partial charge is 0.334 e. The maximum absolute atomic E-state index is 11.4. The molecule has 2 atom stereocenters. The van der Waals surface area contributed by atoms with E-state index in [1.54, 1.807) is 18.5 Å². The van der Waals surface area contributed by atoms with Crippen LogP contribution in [-0.4, -0.2) is 68.3 Å². The number of carboxylic acids is 1. The van der Waals surface area contributed by atoms with Crippen LogP contribution in [0.15, 0.2) is 36.8 Å². The third-order valence-electron chi connectivity index (χ3n) is 6.08. The van der Waals surface area contributed by atoms with Gasteiger partial charge in [-0.25, -0.2) is 29.7 Å². The topological polar surface area (TPSA) is 117 Å². The van der Waals surface area contributed by atoms with Crippen LogP contribution in [0.2, 0.25) is 0 Å². The highest BCUT2D eigenvalue weighted by molar-refractivity contribution is 5.73. The molecule has 0 spiro atoms. The van der Waals surface area contributed by atoms with Crippen LogP contribution in [0.4, 0.5) is 11.6 Å². The highest BCUT2D eigenvalue weighted by Gasteiger charge is 2.30. The fraction of sp³-hybridized carbons (Fsp3) is 0.391. The molecule has 0 aromatic carbocycles. The summed E-state index contributed by atoms with van der Waals surface area (Å²) in [4.78, 5) is 38.3. The predicted octanol–water partition coefficient (Wildman–Crippen LogP) is 2.05. The maximum atomic E-state index is 11.4. The van der Waals surface area contributed by atoms with Gasteiger partial charge in [0.25, 0.3) is 0 Å². The summed E-state index contributed by atoms with van der Waals surface area (Å²) in [6, 6.07) is 5.86. The van der Waals surface area contributed by atoms with Crippen LogP contribution in [0, 0.1) is 6.92 Å². The summed E-state index contributed by atoms with van der Waals surface area (Å²) >= 11 is 0. The number of aryl methyl sites for hydroxylation is 1. The lowest BCUT2D eigenvalue weighted by Crippen LogP contribution is -2.46. The van der Waals surface area contributed by atoms with Crippen molar-refractivity contribution in [2.45, 2.75) is 32.4 Å². The Hall–Kier alpha value is -3.66. The highest BCUT2D eigenvalue weighted by Crippen LogP contribution is 2.33. The molecule has 10 nitrogen and oxygen atoms in total. The number of nitrogens with zero attached hydrogens (tertiary/aromatic N) is 7. The van der Waals surface area contributed by atoms with Crippen LogP contribution in [-0.2, 0) is 16.0 Å². The van der Waals surface area contributed by atoms with E-state index in [9.17, 15) is 9.90 Å². The van der Waals surface area contributed by atoms with Crippen molar-refractivity contribution in [3.63, 3.8) is 0 Å². The Morgan fingerprint density at radius 3 is 2.67 bits per heavy atom. The Morgan fingerprint density at radius 2 is 1.88 bits per heavy atom. The molecule has 2 aliphatic rings. The van der Waals surface area contributed by atoms with Gasteiger partial charge >= 0.3 is 5.97 Å². The maximum Gasteiger partial charge on any atom is 0.334 e. The Labute approximate surface area is 191 Å². The molecule has 3 aromatic rings. The molecule has 0 aliphatic carbocycles. The van der Waals surface area contributed by atoms with Crippen molar-refractivity contribution < 1.29 is 14.6 Å². The Kier molecular flexibility index (Phi) is 5.59. The quantitative estimate of drug-likeness (QED) is 0.637. The monoisotopic (exact) mass is 447 g/mol. The van der Waals surface area contributed by atoms with E-state index in [1.807, 2.05) is 24.1 Å². The van der Waals surface area contributed by atoms with E-state index < -0.39 is 12.1 Å². The van der Waals surface area contributed by atoms with Gasteiger partial charge in [-0.1, -0.05) is 0 Å². The first-order chi connectivity index (χ1) is 16.0. The van der Waals surface area contributed by atoms with Crippen molar-refractivity contribution in [3.8, 4) is 11.6 Å². The Balaban J connectivity index is 1.41. The lowest BCUT2D eigenvalue weighted by atomic mass is 9.99. The van der Waals surface area contributed by atoms with Crippen LogP contribution in [0.5, 0.6) is 0 Å². The van der Waals surface area contributed by atoms with Gasteiger partial charge in [0.05, 0.1) is 24.9 Å². The van der Waals surface area contributed by atoms with Gasteiger partial charge in [-0.2, -0.15) is 0 Å². The van der Waals surface area contributed by atoms with Gasteiger partial charge in [0.1, 0.15) is 11.6 Å². The van der Waals surface area contributed by atoms with E-state index in [0.29, 0.717) is 24.8 Å². The summed E-state index contributed by atoms with van der Waals surface area (Å²) in [5.74, 6) is 1.73. The zero-order valence-electron chi connectivity index (χ0n) is 18.5. The third-order valence-corrected chi connectivity index (χ3v) is 6.08. The number of anilines is 2. The number of carbonyl (C=O) groups is 1. The van der Waals surface area contributed by atoms with Crippen molar-refractivity contribution in [1.82, 2.24) is 24.9 Å². The molecule has 1 N–H and O–H groups in total. The second-order valence-corrected chi connectivity index (χ2v) is 8.29. The zero-order chi connectivity index (χ0) is 22.9. The molecule has 0 bridgehead atoms. The first kappa shape index (κ1) is 21.2. The van der Waals surface area contributed by atoms with Gasteiger partial charge in [-0.3, -0.25) is 0 Å². The molecule has 0 radical (unpaired) electrons. The molecule has 0 saturated carbocycles. The summed E-state index contributed by atoms with van der Waals surface area (Å²) in [5.41, 5.74) is 3.13. The molecule has 2 aliphatic heterocycles. The number of morpholine rings is 1. The zero-order valence-corrected chi connectivity index (χ0v) is 18.5. The second-order valence-electron chi connectivity index (χ2n) is 8.29. The van der Waals surface area contributed by atoms with Crippen molar-refractivity contribution in [2.75, 3.05) is 36.0 Å². The van der Waals surface area contributed by atoms with Gasteiger partial charge in [-0.05, 0) is 37.6 Å². The minimum atomic E-state index is -0.950. The lowest BCUT2D eigenvalue weighted by Gasteiger charge is -2.37. The van der Waals surface area contributed by atoms with Crippen molar-refractivity contribution >= 4 is 17.6 Å². The van der Waals surface area contributed by atoms with Gasteiger partial charge in [0.15, 0.2) is 17.8 Å². The number of fused-ring (bicyclic) bond motifs is 1.